The van der Waals surface area contributed by atoms with E-state index in [-0.39, 0.29) is 32.8 Å². The van der Waals surface area contributed by atoms with Gasteiger partial charge in [-0.1, -0.05) is 0 Å². The number of hydrogen-bond acceptors (Lipinski definition) is 22. The second-order valence-corrected chi connectivity index (χ2v) is 10.2. The summed E-state index contributed by atoms with van der Waals surface area (Å²) in [5, 5.41) is 0. The highest BCUT2D eigenvalue weighted by Gasteiger charge is 2.27. The SMILES string of the molecule is CC(COC(=O)OCF)OC(=O)OCF.CC(F)OC(=O)OCC(C)OC(=O)OC(C)F.CC(F)OC(=O)OCCCOC(=O)OC(C)F.O=C(OCF)OCCOCC(F)(F)F. The van der Waals surface area contributed by atoms with Gasteiger partial charge < -0.3 is 71.1 Å². The topological polar surface area (TPSA) is 258 Å². The monoisotopic (exact) mass is 960 g/mol. The summed E-state index contributed by atoms with van der Waals surface area (Å²) < 4.78 is 179. The zero-order valence-corrected chi connectivity index (χ0v) is 34.0. The zero-order valence-electron chi connectivity index (χ0n) is 34.0. The van der Waals surface area contributed by atoms with Crippen molar-refractivity contribution < 1.29 is 149 Å². The summed E-state index contributed by atoms with van der Waals surface area (Å²) in [5.74, 6) is 0. The second kappa shape index (κ2) is 40.2. The summed E-state index contributed by atoms with van der Waals surface area (Å²) in [6, 6.07) is 0. The minimum atomic E-state index is -4.42. The van der Waals surface area contributed by atoms with Gasteiger partial charge in [0.25, 0.3) is 0 Å². The molecule has 0 bridgehead atoms. The van der Waals surface area contributed by atoms with Crippen LogP contribution in [0.4, 0.5) is 77.5 Å². The van der Waals surface area contributed by atoms with Gasteiger partial charge >= 0.3 is 49.3 Å². The summed E-state index contributed by atoms with van der Waals surface area (Å²) in [6.07, 6.45) is -21.6. The van der Waals surface area contributed by atoms with Crippen molar-refractivity contribution in [2.45, 2.75) is 91.8 Å². The summed E-state index contributed by atoms with van der Waals surface area (Å²) >= 11 is 0. The largest absolute Gasteiger partial charge is 0.511 e. The van der Waals surface area contributed by atoms with E-state index in [1.54, 1.807) is 0 Å². The minimum Gasteiger partial charge on any atom is -0.434 e. The first-order chi connectivity index (χ1) is 29.3. The van der Waals surface area contributed by atoms with Crippen molar-refractivity contribution in [1.82, 2.24) is 0 Å². The van der Waals surface area contributed by atoms with Crippen molar-refractivity contribution in [1.29, 1.82) is 0 Å². The number of carbonyl (C=O) groups excluding carboxylic acids is 7. The minimum absolute atomic E-state index is 0.121. The molecule has 0 radical (unpaired) electrons. The van der Waals surface area contributed by atoms with Crippen molar-refractivity contribution >= 4 is 43.1 Å². The molecule has 0 saturated carbocycles. The van der Waals surface area contributed by atoms with Crippen LogP contribution in [0.3, 0.4) is 0 Å². The van der Waals surface area contributed by atoms with E-state index in [0.717, 1.165) is 27.7 Å². The van der Waals surface area contributed by atoms with Crippen LogP contribution in [0.5, 0.6) is 0 Å². The third-order valence-corrected chi connectivity index (χ3v) is 4.46. The number of hydrogen-bond donors (Lipinski definition) is 0. The van der Waals surface area contributed by atoms with E-state index in [0.29, 0.717) is 0 Å². The summed E-state index contributed by atoms with van der Waals surface area (Å²) in [7, 11) is 0. The number of rotatable bonds is 21. The van der Waals surface area contributed by atoms with Gasteiger partial charge in [-0.25, -0.2) is 64.3 Å². The van der Waals surface area contributed by atoms with Crippen LogP contribution < -0.4 is 0 Å². The predicted molar refractivity (Wildman–Crippen MR) is 178 cm³/mol. The van der Waals surface area contributed by atoms with E-state index in [9.17, 15) is 77.5 Å². The smallest absolute Gasteiger partial charge is 0.434 e. The molecule has 0 saturated heterocycles. The first-order valence-electron chi connectivity index (χ1n) is 17.0. The maximum absolute atomic E-state index is 12.2. The molecule has 0 aromatic heterocycles. The lowest BCUT2D eigenvalue weighted by Gasteiger charge is -2.13. The Balaban J connectivity index is -0.000000370. The van der Waals surface area contributed by atoms with Gasteiger partial charge in [-0.3, -0.25) is 0 Å². The van der Waals surface area contributed by atoms with Crippen LogP contribution >= 0.6 is 0 Å². The highest BCUT2D eigenvalue weighted by atomic mass is 19.4. The van der Waals surface area contributed by atoms with E-state index >= 15 is 0 Å². The first kappa shape index (κ1) is 63.8. The molecule has 0 rings (SSSR count). The molecule has 0 N–H and O–H groups in total. The van der Waals surface area contributed by atoms with E-state index in [4.69, 9.17) is 0 Å². The van der Waals surface area contributed by atoms with Gasteiger partial charge in [0.05, 0.1) is 19.8 Å². The molecule has 0 aromatic rings. The Morgan fingerprint density at radius 1 is 0.397 bits per heavy atom. The number of ether oxygens (including phenoxy) is 15. The van der Waals surface area contributed by atoms with Gasteiger partial charge in [-0.2, -0.15) is 13.2 Å². The molecule has 22 nitrogen and oxygen atoms in total. The van der Waals surface area contributed by atoms with Crippen LogP contribution in [0.15, 0.2) is 0 Å². The maximum Gasteiger partial charge on any atom is 0.511 e. The lowest BCUT2D eigenvalue weighted by Crippen LogP contribution is -2.25. The fraction of sp³-hybridized carbons (Fsp3) is 0.774. The molecule has 0 aliphatic heterocycles. The molecule has 0 amide bonds. The molecule has 6 atom stereocenters. The lowest BCUT2D eigenvalue weighted by molar-refractivity contribution is -0.175. The average molecular weight is 961 g/mol. The molecule has 0 aromatic carbocycles. The quantitative estimate of drug-likeness (QED) is 0.0460. The van der Waals surface area contributed by atoms with Crippen molar-refractivity contribution in [3.05, 3.63) is 0 Å². The molecule has 372 valence electrons. The van der Waals surface area contributed by atoms with E-state index in [1.807, 2.05) is 0 Å². The van der Waals surface area contributed by atoms with Crippen LogP contribution in [0.1, 0.15) is 48.0 Å². The Hall–Kier alpha value is -5.85. The van der Waals surface area contributed by atoms with Crippen molar-refractivity contribution in [3.8, 4) is 0 Å². The fourth-order valence-electron chi connectivity index (χ4n) is 2.42. The van der Waals surface area contributed by atoms with Gasteiger partial charge in [0.15, 0.2) is 0 Å². The molecular formula is C31H46F10O22. The Morgan fingerprint density at radius 3 is 1.08 bits per heavy atom. The van der Waals surface area contributed by atoms with Crippen LogP contribution in [0, 0.1) is 0 Å². The van der Waals surface area contributed by atoms with Crippen molar-refractivity contribution in [2.24, 2.45) is 0 Å². The molecule has 0 aliphatic rings. The fourth-order valence-corrected chi connectivity index (χ4v) is 2.42. The summed E-state index contributed by atoms with van der Waals surface area (Å²) in [4.78, 5) is 73.9. The highest BCUT2D eigenvalue weighted by Crippen LogP contribution is 2.14. The Labute approximate surface area is 350 Å². The third kappa shape index (κ3) is 56.2. The normalized spacial score (nSPS) is 13.0. The van der Waals surface area contributed by atoms with E-state index in [1.165, 1.54) is 13.8 Å². The van der Waals surface area contributed by atoms with Crippen LogP contribution in [-0.4, -0.2) is 154 Å². The number of halogens is 10. The summed E-state index contributed by atoms with van der Waals surface area (Å²) in [6.45, 7) is -0.393. The van der Waals surface area contributed by atoms with E-state index in [2.05, 4.69) is 71.1 Å². The Kier molecular flexibility index (Phi) is 40.7. The van der Waals surface area contributed by atoms with E-state index < -0.39 is 127 Å². The van der Waals surface area contributed by atoms with Gasteiger partial charge in [-0.05, 0) is 13.8 Å². The van der Waals surface area contributed by atoms with Gasteiger partial charge in [0, 0.05) is 34.1 Å². The third-order valence-electron chi connectivity index (χ3n) is 4.46. The molecular weight excluding hydrogens is 914 g/mol. The maximum atomic E-state index is 12.2. The second-order valence-electron chi connectivity index (χ2n) is 10.2. The molecule has 63 heavy (non-hydrogen) atoms. The Morgan fingerprint density at radius 2 is 0.698 bits per heavy atom. The number of carbonyl (C=O) groups is 7. The van der Waals surface area contributed by atoms with Crippen molar-refractivity contribution in [2.75, 3.05) is 66.8 Å². The predicted octanol–water partition coefficient (Wildman–Crippen LogP) is 7.81. The van der Waals surface area contributed by atoms with Crippen molar-refractivity contribution in [3.63, 3.8) is 0 Å². The highest BCUT2D eigenvalue weighted by molar-refractivity contribution is 5.62. The molecule has 6 unspecified atom stereocenters. The molecule has 0 fully saturated rings. The van der Waals surface area contributed by atoms with Crippen LogP contribution in [-0.2, 0) is 71.1 Å². The van der Waals surface area contributed by atoms with Gasteiger partial charge in [0.2, 0.25) is 46.0 Å². The lowest BCUT2D eigenvalue weighted by atomic mass is 10.4. The molecule has 0 aliphatic carbocycles. The molecule has 0 heterocycles. The number of alkyl halides is 10. The Bertz CT molecular complexity index is 1220. The van der Waals surface area contributed by atoms with Gasteiger partial charge in [0.1, 0.15) is 38.6 Å². The van der Waals surface area contributed by atoms with Gasteiger partial charge in [-0.15, -0.1) is 0 Å². The first-order valence-corrected chi connectivity index (χ1v) is 17.0. The summed E-state index contributed by atoms with van der Waals surface area (Å²) in [5.41, 5.74) is 0. The molecule has 32 heteroatoms. The van der Waals surface area contributed by atoms with Crippen LogP contribution in [0.25, 0.3) is 0 Å². The standard InChI is InChI=1S/2C9H14F2O6.C7H10F2O6.C6H8F4O4/c1-5(15-9(13)17-7(3)11)4-14-8(12)16-6(2)10;1-6(10)16-8(12)14-4-3-5-15-9(13)17-7(2)11;1-5(15-7(11)14-4-9)2-12-6(10)13-3-8;7-4-14-5(11)13-2-1-12-3-6(8,9)10/h5-7H,4H2,1-3H3;6-7H,3-5H2,1-2H3;5H,2-4H2,1H3;1-4H2. The average Bonchev–Trinajstić information content (AvgIpc) is 3.12. The molecule has 0 spiro atoms. The zero-order chi connectivity index (χ0) is 49.4. The van der Waals surface area contributed by atoms with Crippen LogP contribution in [0.2, 0.25) is 0 Å².